The first-order chi connectivity index (χ1) is 6.74. The van der Waals surface area contributed by atoms with Crippen LogP contribution >= 0.6 is 0 Å². The molecule has 1 aromatic rings. The molecule has 0 spiro atoms. The molecule has 0 heterocycles. The molecule has 2 nitrogen and oxygen atoms in total. The average Bonchev–Trinajstić information content (AvgIpc) is 2.59. The van der Waals surface area contributed by atoms with Crippen molar-refractivity contribution in [2.24, 2.45) is 5.92 Å². The van der Waals surface area contributed by atoms with Gasteiger partial charge in [0.25, 0.3) is 0 Å². The van der Waals surface area contributed by atoms with Crippen LogP contribution in [0.2, 0.25) is 0 Å². The molecule has 2 heteroatoms. The van der Waals surface area contributed by atoms with Gasteiger partial charge < -0.3 is 5.11 Å². The number of carbonyl (C=O) groups is 1. The molecular weight excluding hydrogens is 176 g/mol. The van der Waals surface area contributed by atoms with Gasteiger partial charge >= 0.3 is 0 Å². The Morgan fingerprint density at radius 1 is 1.21 bits per heavy atom. The summed E-state index contributed by atoms with van der Waals surface area (Å²) in [5, 5.41) is 9.34. The van der Waals surface area contributed by atoms with E-state index in [0.717, 1.165) is 12.8 Å². The zero-order valence-electron chi connectivity index (χ0n) is 7.86. The van der Waals surface area contributed by atoms with Gasteiger partial charge in [-0.15, -0.1) is 0 Å². The van der Waals surface area contributed by atoms with E-state index in [1.807, 2.05) is 12.1 Å². The van der Waals surface area contributed by atoms with Crippen molar-refractivity contribution in [1.29, 1.82) is 0 Å². The minimum atomic E-state index is 0.343. The number of phenols is 1. The number of benzene rings is 1. The van der Waals surface area contributed by atoms with Gasteiger partial charge in [-0.05, 0) is 41.5 Å². The Morgan fingerprint density at radius 3 is 2.93 bits per heavy atom. The quantitative estimate of drug-likeness (QED) is 0.676. The van der Waals surface area contributed by atoms with Crippen LogP contribution in [0.3, 0.4) is 0 Å². The third kappa shape index (κ3) is 0.999. The predicted octanol–water partition coefficient (Wildman–Crippen LogP) is 2.01. The van der Waals surface area contributed by atoms with Crippen LogP contribution in [-0.2, 0) is 11.2 Å². The van der Waals surface area contributed by atoms with Crippen LogP contribution in [0.25, 0.3) is 0 Å². The summed E-state index contributed by atoms with van der Waals surface area (Å²) in [5.74, 6) is 1.70. The van der Waals surface area contributed by atoms with Crippen molar-refractivity contribution in [2.75, 3.05) is 0 Å². The smallest absolute Gasteiger partial charge is 0.133 e. The number of aromatic hydroxyl groups is 1. The first kappa shape index (κ1) is 8.04. The number of phenolic OH excluding ortho intramolecular Hbond substituents is 1. The number of ketones is 1. The standard InChI is InChI=1S/C12H12O2/c13-9-1-2-11-7(4-9)3-8-5-10(14)6-12(8)11/h1-2,4,8,12-13H,3,5-6H2. The van der Waals surface area contributed by atoms with Crippen LogP contribution in [-0.4, -0.2) is 10.9 Å². The second kappa shape index (κ2) is 2.59. The number of fused-ring (bicyclic) bond motifs is 3. The fourth-order valence-corrected chi connectivity index (χ4v) is 2.92. The van der Waals surface area contributed by atoms with Crippen molar-refractivity contribution < 1.29 is 9.90 Å². The van der Waals surface area contributed by atoms with E-state index in [-0.39, 0.29) is 0 Å². The molecule has 0 aliphatic heterocycles. The molecule has 1 N–H and O–H groups in total. The molecule has 0 amide bonds. The molecule has 2 atom stereocenters. The molecule has 2 unspecified atom stereocenters. The summed E-state index contributed by atoms with van der Waals surface area (Å²) in [5.41, 5.74) is 2.53. The van der Waals surface area contributed by atoms with Crippen LogP contribution < -0.4 is 0 Å². The topological polar surface area (TPSA) is 37.3 Å². The first-order valence-corrected chi connectivity index (χ1v) is 5.07. The van der Waals surface area contributed by atoms with Gasteiger partial charge in [-0.25, -0.2) is 0 Å². The minimum absolute atomic E-state index is 0.343. The molecule has 1 saturated carbocycles. The average molecular weight is 188 g/mol. The van der Waals surface area contributed by atoms with Crippen molar-refractivity contribution >= 4 is 5.78 Å². The molecule has 3 rings (SSSR count). The summed E-state index contributed by atoms with van der Waals surface area (Å²) < 4.78 is 0. The van der Waals surface area contributed by atoms with Crippen molar-refractivity contribution in [1.82, 2.24) is 0 Å². The lowest BCUT2D eigenvalue weighted by atomic mass is 9.96. The van der Waals surface area contributed by atoms with E-state index in [1.165, 1.54) is 11.1 Å². The molecule has 2 aliphatic rings. The summed E-state index contributed by atoms with van der Waals surface area (Å²) in [6.45, 7) is 0. The number of carbonyl (C=O) groups excluding carboxylic acids is 1. The SMILES string of the molecule is O=C1CC2Cc3cc(O)ccc3C2C1. The highest BCUT2D eigenvalue weighted by atomic mass is 16.3. The zero-order chi connectivity index (χ0) is 9.71. The van der Waals surface area contributed by atoms with E-state index in [1.54, 1.807) is 6.07 Å². The van der Waals surface area contributed by atoms with Crippen LogP contribution in [0, 0.1) is 5.92 Å². The number of hydrogen-bond acceptors (Lipinski definition) is 2. The maximum Gasteiger partial charge on any atom is 0.133 e. The highest BCUT2D eigenvalue weighted by Gasteiger charge is 2.39. The van der Waals surface area contributed by atoms with Crippen LogP contribution in [0.15, 0.2) is 18.2 Å². The summed E-state index contributed by atoms with van der Waals surface area (Å²) in [4.78, 5) is 11.3. The van der Waals surface area contributed by atoms with E-state index >= 15 is 0 Å². The lowest BCUT2D eigenvalue weighted by Crippen LogP contribution is -1.97. The highest BCUT2D eigenvalue weighted by Crippen LogP contribution is 2.47. The third-order valence-electron chi connectivity index (χ3n) is 3.51. The summed E-state index contributed by atoms with van der Waals surface area (Å²) in [6, 6.07) is 5.55. The van der Waals surface area contributed by atoms with E-state index < -0.39 is 0 Å². The Labute approximate surface area is 82.6 Å². The predicted molar refractivity (Wildman–Crippen MR) is 52.3 cm³/mol. The van der Waals surface area contributed by atoms with Gasteiger partial charge in [0.1, 0.15) is 11.5 Å². The van der Waals surface area contributed by atoms with Gasteiger partial charge in [-0.2, -0.15) is 0 Å². The van der Waals surface area contributed by atoms with Gasteiger partial charge in [0, 0.05) is 12.8 Å². The normalized spacial score (nSPS) is 29.0. The molecule has 1 fully saturated rings. The lowest BCUT2D eigenvalue weighted by molar-refractivity contribution is -0.117. The maximum atomic E-state index is 11.3. The largest absolute Gasteiger partial charge is 0.508 e. The van der Waals surface area contributed by atoms with Crippen molar-refractivity contribution in [2.45, 2.75) is 25.2 Å². The van der Waals surface area contributed by atoms with Crippen LogP contribution in [0.4, 0.5) is 0 Å². The lowest BCUT2D eigenvalue weighted by Gasteiger charge is -2.07. The second-order valence-electron chi connectivity index (χ2n) is 4.40. The second-order valence-corrected chi connectivity index (χ2v) is 4.40. The van der Waals surface area contributed by atoms with Gasteiger partial charge in [0.05, 0.1) is 0 Å². The Bertz CT molecular complexity index is 409. The minimum Gasteiger partial charge on any atom is -0.508 e. The Morgan fingerprint density at radius 2 is 2.07 bits per heavy atom. The molecule has 0 aromatic heterocycles. The molecule has 0 saturated heterocycles. The first-order valence-electron chi connectivity index (χ1n) is 5.07. The van der Waals surface area contributed by atoms with Crippen LogP contribution in [0.1, 0.15) is 29.9 Å². The summed E-state index contributed by atoms with van der Waals surface area (Å²) in [6.07, 6.45) is 2.42. The molecule has 1 aromatic carbocycles. The molecule has 2 aliphatic carbocycles. The van der Waals surface area contributed by atoms with Crippen molar-refractivity contribution in [3.8, 4) is 5.75 Å². The summed E-state index contributed by atoms with van der Waals surface area (Å²) >= 11 is 0. The number of hydrogen-bond donors (Lipinski definition) is 1. The summed E-state index contributed by atoms with van der Waals surface area (Å²) in [7, 11) is 0. The van der Waals surface area contributed by atoms with Crippen molar-refractivity contribution in [3.63, 3.8) is 0 Å². The number of Topliss-reactive ketones (excluding diaryl/α,β-unsaturated/α-hetero) is 1. The fraction of sp³-hybridized carbons (Fsp3) is 0.417. The third-order valence-corrected chi connectivity index (χ3v) is 3.51. The van der Waals surface area contributed by atoms with E-state index in [4.69, 9.17) is 0 Å². The molecular formula is C12H12O2. The Balaban J connectivity index is 2.05. The van der Waals surface area contributed by atoms with Gasteiger partial charge in [-0.1, -0.05) is 6.07 Å². The van der Waals surface area contributed by atoms with E-state index in [9.17, 15) is 9.90 Å². The fourth-order valence-electron chi connectivity index (χ4n) is 2.92. The van der Waals surface area contributed by atoms with E-state index in [2.05, 4.69) is 0 Å². The van der Waals surface area contributed by atoms with Gasteiger partial charge in [0.2, 0.25) is 0 Å². The van der Waals surface area contributed by atoms with Crippen LogP contribution in [0.5, 0.6) is 5.75 Å². The van der Waals surface area contributed by atoms with E-state index in [0.29, 0.717) is 29.8 Å². The molecule has 72 valence electrons. The number of rotatable bonds is 0. The highest BCUT2D eigenvalue weighted by molar-refractivity contribution is 5.83. The molecule has 14 heavy (non-hydrogen) atoms. The van der Waals surface area contributed by atoms with Gasteiger partial charge in [-0.3, -0.25) is 4.79 Å². The Kier molecular flexibility index (Phi) is 1.49. The van der Waals surface area contributed by atoms with Crippen molar-refractivity contribution in [3.05, 3.63) is 29.3 Å². The van der Waals surface area contributed by atoms with Gasteiger partial charge in [0.15, 0.2) is 0 Å². The zero-order valence-corrected chi connectivity index (χ0v) is 7.86. The Hall–Kier alpha value is -1.31. The maximum absolute atomic E-state index is 11.3. The molecule has 0 bridgehead atoms. The molecule has 0 radical (unpaired) electrons. The monoisotopic (exact) mass is 188 g/mol.